The molecule has 0 fully saturated rings. The Balaban J connectivity index is 2.33. The highest BCUT2D eigenvalue weighted by Crippen LogP contribution is 2.40. The zero-order chi connectivity index (χ0) is 13.2. The zero-order valence-electron chi connectivity index (χ0n) is 10.4. The van der Waals surface area contributed by atoms with E-state index in [0.29, 0.717) is 19.3 Å². The van der Waals surface area contributed by atoms with Crippen molar-refractivity contribution in [1.82, 2.24) is 0 Å². The number of rotatable bonds is 3. The lowest BCUT2D eigenvalue weighted by Crippen LogP contribution is -2.37. The number of aryl methyl sites for hydroxylation is 1. The van der Waals surface area contributed by atoms with E-state index in [9.17, 15) is 9.90 Å². The van der Waals surface area contributed by atoms with Crippen LogP contribution in [0.2, 0.25) is 0 Å². The van der Waals surface area contributed by atoms with Gasteiger partial charge >= 0.3 is 5.97 Å². The fourth-order valence-corrected chi connectivity index (χ4v) is 2.86. The number of hydrogen-bond acceptors (Lipinski definition) is 1. The second-order valence-corrected chi connectivity index (χ2v) is 5.38. The van der Waals surface area contributed by atoms with E-state index in [1.165, 1.54) is 11.1 Å². The Bertz CT molecular complexity index is 493. The monoisotopic (exact) mass is 264 g/mol. The predicted molar refractivity (Wildman–Crippen MR) is 72.8 cm³/mol. The SMILES string of the molecule is C/C(=C/Cl)CC1(C(=O)O)CCc2ccccc2C1. The van der Waals surface area contributed by atoms with Crippen molar-refractivity contribution >= 4 is 17.6 Å². The van der Waals surface area contributed by atoms with Gasteiger partial charge in [-0.25, -0.2) is 0 Å². The molecule has 0 saturated carbocycles. The van der Waals surface area contributed by atoms with Gasteiger partial charge in [-0.3, -0.25) is 4.79 Å². The first-order valence-corrected chi connectivity index (χ1v) is 6.57. The highest BCUT2D eigenvalue weighted by Gasteiger charge is 2.41. The first-order chi connectivity index (χ1) is 8.57. The van der Waals surface area contributed by atoms with Crippen LogP contribution < -0.4 is 0 Å². The molecule has 1 aliphatic carbocycles. The molecule has 0 aromatic heterocycles. The van der Waals surface area contributed by atoms with Crippen LogP contribution in [0.25, 0.3) is 0 Å². The van der Waals surface area contributed by atoms with Gasteiger partial charge in [0, 0.05) is 5.54 Å². The van der Waals surface area contributed by atoms with Crippen molar-refractivity contribution in [2.45, 2.75) is 32.6 Å². The minimum absolute atomic E-state index is 0.528. The van der Waals surface area contributed by atoms with Gasteiger partial charge in [-0.1, -0.05) is 41.4 Å². The summed E-state index contributed by atoms with van der Waals surface area (Å²) in [5.41, 5.74) is 4.17. The number of allylic oxidation sites excluding steroid dienone is 1. The number of carboxylic acids is 1. The third-order valence-corrected chi connectivity index (χ3v) is 4.15. The molecule has 1 atom stereocenters. The van der Waals surface area contributed by atoms with Crippen LogP contribution in [0, 0.1) is 5.41 Å². The molecule has 1 unspecified atom stereocenters. The molecule has 1 aromatic carbocycles. The van der Waals surface area contributed by atoms with Crippen LogP contribution in [0.5, 0.6) is 0 Å². The molecule has 0 aliphatic heterocycles. The van der Waals surface area contributed by atoms with Crippen LogP contribution in [-0.2, 0) is 17.6 Å². The fraction of sp³-hybridized carbons (Fsp3) is 0.400. The molecule has 0 radical (unpaired) electrons. The molecule has 0 heterocycles. The third kappa shape index (κ3) is 2.44. The maximum atomic E-state index is 11.7. The second-order valence-electron chi connectivity index (χ2n) is 5.16. The smallest absolute Gasteiger partial charge is 0.310 e. The minimum atomic E-state index is -0.713. The lowest BCUT2D eigenvalue weighted by atomic mass is 9.68. The number of fused-ring (bicyclic) bond motifs is 1. The lowest BCUT2D eigenvalue weighted by Gasteiger charge is -2.34. The summed E-state index contributed by atoms with van der Waals surface area (Å²) in [6.07, 6.45) is 2.64. The Hall–Kier alpha value is -1.28. The van der Waals surface area contributed by atoms with Crippen molar-refractivity contribution in [2.24, 2.45) is 5.41 Å². The van der Waals surface area contributed by atoms with Gasteiger partial charge in [0.25, 0.3) is 0 Å². The van der Waals surface area contributed by atoms with Crippen molar-refractivity contribution in [3.63, 3.8) is 0 Å². The van der Waals surface area contributed by atoms with Crippen LogP contribution in [-0.4, -0.2) is 11.1 Å². The Morgan fingerprint density at radius 3 is 2.72 bits per heavy atom. The van der Waals surface area contributed by atoms with Gasteiger partial charge in [-0.15, -0.1) is 0 Å². The summed E-state index contributed by atoms with van der Waals surface area (Å²) in [6, 6.07) is 8.11. The molecule has 1 aliphatic rings. The zero-order valence-corrected chi connectivity index (χ0v) is 11.2. The molecular formula is C15H17ClO2. The number of halogens is 1. The highest BCUT2D eigenvalue weighted by molar-refractivity contribution is 6.25. The number of aliphatic carboxylic acids is 1. The third-order valence-electron chi connectivity index (χ3n) is 3.78. The number of benzene rings is 1. The Kier molecular flexibility index (Phi) is 3.76. The van der Waals surface area contributed by atoms with Crippen LogP contribution in [0.4, 0.5) is 0 Å². The van der Waals surface area contributed by atoms with Crippen LogP contribution >= 0.6 is 11.6 Å². The van der Waals surface area contributed by atoms with Gasteiger partial charge in [0.1, 0.15) is 0 Å². The van der Waals surface area contributed by atoms with Crippen molar-refractivity contribution in [2.75, 3.05) is 0 Å². The van der Waals surface area contributed by atoms with Gasteiger partial charge in [-0.2, -0.15) is 0 Å². The molecule has 18 heavy (non-hydrogen) atoms. The molecule has 0 saturated heterocycles. The molecule has 3 heteroatoms. The fourth-order valence-electron chi connectivity index (χ4n) is 2.78. The lowest BCUT2D eigenvalue weighted by molar-refractivity contribution is -0.149. The predicted octanol–water partition coefficient (Wildman–Crippen LogP) is 3.78. The number of hydrogen-bond donors (Lipinski definition) is 1. The number of carbonyl (C=O) groups is 1. The van der Waals surface area contributed by atoms with E-state index in [-0.39, 0.29) is 0 Å². The standard InChI is InChI=1S/C15H17ClO2/c1-11(10-16)8-15(14(17)18)7-6-12-4-2-3-5-13(12)9-15/h2-5,10H,6-9H2,1H3,(H,17,18)/b11-10-. The Morgan fingerprint density at radius 1 is 1.44 bits per heavy atom. The summed E-state index contributed by atoms with van der Waals surface area (Å²) in [6.45, 7) is 1.89. The normalized spacial score (nSPS) is 23.6. The van der Waals surface area contributed by atoms with Crippen LogP contribution in [0.1, 0.15) is 30.9 Å². The minimum Gasteiger partial charge on any atom is -0.481 e. The maximum Gasteiger partial charge on any atom is 0.310 e. The van der Waals surface area contributed by atoms with Crippen molar-refractivity contribution in [1.29, 1.82) is 0 Å². The second kappa shape index (κ2) is 5.15. The molecule has 1 N–H and O–H groups in total. The van der Waals surface area contributed by atoms with Crippen molar-refractivity contribution in [3.8, 4) is 0 Å². The molecule has 2 nitrogen and oxygen atoms in total. The van der Waals surface area contributed by atoms with E-state index in [1.807, 2.05) is 25.1 Å². The average molecular weight is 265 g/mol. The average Bonchev–Trinajstić information content (AvgIpc) is 2.38. The van der Waals surface area contributed by atoms with Gasteiger partial charge < -0.3 is 5.11 Å². The van der Waals surface area contributed by atoms with E-state index in [2.05, 4.69) is 6.07 Å². The van der Waals surface area contributed by atoms with Crippen LogP contribution in [0.3, 0.4) is 0 Å². The quantitative estimate of drug-likeness (QED) is 0.902. The summed E-state index contributed by atoms with van der Waals surface area (Å²) in [4.78, 5) is 11.7. The first kappa shape index (κ1) is 13.2. The molecule has 1 aromatic rings. The van der Waals surface area contributed by atoms with Crippen molar-refractivity contribution < 1.29 is 9.90 Å². The molecule has 96 valence electrons. The largest absolute Gasteiger partial charge is 0.481 e. The Morgan fingerprint density at radius 2 is 2.11 bits per heavy atom. The summed E-state index contributed by atoms with van der Waals surface area (Å²) in [5.74, 6) is -0.713. The molecule has 0 bridgehead atoms. The molecular weight excluding hydrogens is 248 g/mol. The van der Waals surface area contributed by atoms with Gasteiger partial charge in [-0.05, 0) is 43.7 Å². The summed E-state index contributed by atoms with van der Waals surface area (Å²) in [7, 11) is 0. The molecule has 0 amide bonds. The maximum absolute atomic E-state index is 11.7. The first-order valence-electron chi connectivity index (χ1n) is 6.13. The van der Waals surface area contributed by atoms with E-state index >= 15 is 0 Å². The molecule has 2 rings (SSSR count). The topological polar surface area (TPSA) is 37.3 Å². The highest BCUT2D eigenvalue weighted by atomic mass is 35.5. The van der Waals surface area contributed by atoms with Gasteiger partial charge in [0.05, 0.1) is 5.41 Å². The summed E-state index contributed by atoms with van der Waals surface area (Å²) < 4.78 is 0. The van der Waals surface area contributed by atoms with Gasteiger partial charge in [0.15, 0.2) is 0 Å². The van der Waals surface area contributed by atoms with Gasteiger partial charge in [0.2, 0.25) is 0 Å². The molecule has 0 spiro atoms. The van der Waals surface area contributed by atoms with E-state index in [0.717, 1.165) is 17.6 Å². The van der Waals surface area contributed by atoms with E-state index < -0.39 is 11.4 Å². The van der Waals surface area contributed by atoms with E-state index in [1.54, 1.807) is 0 Å². The summed E-state index contributed by atoms with van der Waals surface area (Å²) >= 11 is 5.68. The Labute approximate surface area is 112 Å². The van der Waals surface area contributed by atoms with Crippen LogP contribution in [0.15, 0.2) is 35.4 Å². The number of carboxylic acid groups (broad SMARTS) is 1. The van der Waals surface area contributed by atoms with Crippen molar-refractivity contribution in [3.05, 3.63) is 46.5 Å². The van der Waals surface area contributed by atoms with E-state index in [4.69, 9.17) is 11.6 Å². The summed E-state index contributed by atoms with van der Waals surface area (Å²) in [5, 5.41) is 9.59.